The number of thiophene rings is 2. The van der Waals surface area contributed by atoms with Gasteiger partial charge >= 0.3 is 5.97 Å². The fourth-order valence-corrected chi connectivity index (χ4v) is 4.34. The number of carbonyl (C=O) groups excluding carboxylic acids is 2. The molecule has 3 rings (SSSR count). The Hall–Kier alpha value is -2.38. The molecule has 27 heavy (non-hydrogen) atoms. The molecule has 7 heteroatoms. The van der Waals surface area contributed by atoms with Crippen LogP contribution in [0.1, 0.15) is 44.5 Å². The average Bonchev–Trinajstić information content (AvgIpc) is 3.38. The second-order valence-electron chi connectivity index (χ2n) is 6.33. The van der Waals surface area contributed by atoms with E-state index in [-0.39, 0.29) is 18.6 Å². The molecule has 0 saturated heterocycles. The number of aromatic nitrogens is 1. The lowest BCUT2D eigenvalue weighted by molar-refractivity contribution is -0.124. The van der Waals surface area contributed by atoms with Gasteiger partial charge in [0, 0.05) is 21.1 Å². The van der Waals surface area contributed by atoms with Crippen molar-refractivity contribution >= 4 is 34.6 Å². The molecule has 0 radical (unpaired) electrons. The Morgan fingerprint density at radius 1 is 1.19 bits per heavy atom. The maximum absolute atomic E-state index is 12.4. The molecule has 3 heterocycles. The largest absolute Gasteiger partial charge is 0.452 e. The van der Waals surface area contributed by atoms with E-state index in [1.807, 2.05) is 55.8 Å². The number of hydrogen-bond acceptors (Lipinski definition) is 5. The number of amides is 1. The van der Waals surface area contributed by atoms with Crippen molar-refractivity contribution in [1.82, 2.24) is 9.88 Å². The van der Waals surface area contributed by atoms with Crippen molar-refractivity contribution in [2.75, 3.05) is 6.61 Å². The first-order chi connectivity index (χ1) is 13.0. The van der Waals surface area contributed by atoms with Crippen molar-refractivity contribution in [2.45, 2.75) is 33.4 Å². The van der Waals surface area contributed by atoms with E-state index in [1.54, 1.807) is 22.7 Å². The first kappa shape index (κ1) is 19.4. The Labute approximate surface area is 166 Å². The molecule has 3 aromatic heterocycles. The van der Waals surface area contributed by atoms with Crippen LogP contribution < -0.4 is 5.32 Å². The monoisotopic (exact) mass is 402 g/mol. The summed E-state index contributed by atoms with van der Waals surface area (Å²) < 4.78 is 7.32. The zero-order chi connectivity index (χ0) is 19.4. The molecule has 0 saturated carbocycles. The predicted molar refractivity (Wildman–Crippen MR) is 108 cm³/mol. The Bertz CT molecular complexity index is 912. The first-order valence-corrected chi connectivity index (χ1v) is 10.4. The summed E-state index contributed by atoms with van der Waals surface area (Å²) in [5.74, 6) is -0.781. The van der Waals surface area contributed by atoms with Crippen LogP contribution in [0.25, 0.3) is 0 Å². The highest BCUT2D eigenvalue weighted by Crippen LogP contribution is 2.20. The quantitative estimate of drug-likeness (QED) is 0.599. The van der Waals surface area contributed by atoms with E-state index in [1.165, 1.54) is 4.88 Å². The van der Waals surface area contributed by atoms with E-state index in [0.717, 1.165) is 22.8 Å². The molecule has 142 valence electrons. The summed E-state index contributed by atoms with van der Waals surface area (Å²) in [6.45, 7) is 6.21. The van der Waals surface area contributed by atoms with E-state index in [9.17, 15) is 9.59 Å². The normalized spacial score (nSPS) is 12.0. The highest BCUT2D eigenvalue weighted by Gasteiger charge is 2.19. The van der Waals surface area contributed by atoms with Gasteiger partial charge < -0.3 is 14.6 Å². The fraction of sp³-hybridized carbons (Fsp3) is 0.300. The molecule has 1 atom stereocenters. The number of rotatable bonds is 7. The van der Waals surface area contributed by atoms with E-state index in [4.69, 9.17) is 4.74 Å². The zero-order valence-corrected chi connectivity index (χ0v) is 17.2. The van der Waals surface area contributed by atoms with Crippen molar-refractivity contribution in [3.63, 3.8) is 0 Å². The van der Waals surface area contributed by atoms with Crippen molar-refractivity contribution in [3.05, 3.63) is 67.8 Å². The molecule has 0 spiro atoms. The molecule has 0 aromatic carbocycles. The number of carbonyl (C=O) groups is 2. The summed E-state index contributed by atoms with van der Waals surface area (Å²) in [5.41, 5.74) is 2.34. The topological polar surface area (TPSA) is 60.3 Å². The second-order valence-corrected chi connectivity index (χ2v) is 8.34. The van der Waals surface area contributed by atoms with Gasteiger partial charge in [0.15, 0.2) is 6.61 Å². The van der Waals surface area contributed by atoms with Gasteiger partial charge in [0.1, 0.15) is 0 Å². The first-order valence-electron chi connectivity index (χ1n) is 8.64. The van der Waals surface area contributed by atoms with E-state index in [0.29, 0.717) is 5.56 Å². The Morgan fingerprint density at radius 2 is 1.93 bits per heavy atom. The number of hydrogen-bond donors (Lipinski definition) is 1. The molecular weight excluding hydrogens is 380 g/mol. The third-order valence-corrected chi connectivity index (χ3v) is 6.29. The summed E-state index contributed by atoms with van der Waals surface area (Å²) in [6, 6.07) is 9.70. The molecule has 0 unspecified atom stereocenters. The molecule has 0 bridgehead atoms. The van der Waals surface area contributed by atoms with Gasteiger partial charge in [-0.15, -0.1) is 22.7 Å². The van der Waals surface area contributed by atoms with Crippen LogP contribution in [-0.2, 0) is 16.1 Å². The molecule has 0 aliphatic heterocycles. The number of nitrogens with one attached hydrogen (secondary N) is 1. The summed E-state index contributed by atoms with van der Waals surface area (Å²) in [6.07, 6.45) is 0. The van der Waals surface area contributed by atoms with Gasteiger partial charge in [-0.25, -0.2) is 4.79 Å². The smallest absolute Gasteiger partial charge is 0.340 e. The molecule has 0 fully saturated rings. The van der Waals surface area contributed by atoms with Crippen LogP contribution >= 0.6 is 22.7 Å². The molecule has 1 N–H and O–H groups in total. The van der Waals surface area contributed by atoms with Gasteiger partial charge in [0.2, 0.25) is 0 Å². The molecule has 1 amide bonds. The standard InChI is InChI=1S/C20H22N2O3S2/c1-13-10-17(15(3)22(13)11-16-6-4-8-26-16)20(24)25-12-19(23)21-14(2)18-7-5-9-27-18/h4-10,14H,11-12H2,1-3H3,(H,21,23)/t14-/m0/s1. The van der Waals surface area contributed by atoms with Crippen LogP contribution in [0.2, 0.25) is 0 Å². The molecule has 0 aliphatic rings. The Balaban J connectivity index is 1.58. The predicted octanol–water partition coefficient (Wildman–Crippen LogP) is 4.31. The lowest BCUT2D eigenvalue weighted by Crippen LogP contribution is -2.30. The minimum absolute atomic E-state index is 0.105. The maximum atomic E-state index is 12.4. The molecular formula is C20H22N2O3S2. The molecule has 0 aliphatic carbocycles. The highest BCUT2D eigenvalue weighted by atomic mass is 32.1. The van der Waals surface area contributed by atoms with E-state index in [2.05, 4.69) is 16.0 Å². The molecule has 5 nitrogen and oxygen atoms in total. The van der Waals surface area contributed by atoms with Crippen LogP contribution in [-0.4, -0.2) is 23.1 Å². The third-order valence-electron chi connectivity index (χ3n) is 4.37. The number of ether oxygens (including phenoxy) is 1. The molecule has 3 aromatic rings. The number of nitrogens with zero attached hydrogens (tertiary/aromatic N) is 1. The maximum Gasteiger partial charge on any atom is 0.340 e. The highest BCUT2D eigenvalue weighted by molar-refractivity contribution is 7.10. The average molecular weight is 403 g/mol. The summed E-state index contributed by atoms with van der Waals surface area (Å²) in [7, 11) is 0. The van der Waals surface area contributed by atoms with Crippen LogP contribution in [0.5, 0.6) is 0 Å². The van der Waals surface area contributed by atoms with Gasteiger partial charge in [0.05, 0.1) is 18.2 Å². The van der Waals surface area contributed by atoms with Crippen molar-refractivity contribution in [3.8, 4) is 0 Å². The Morgan fingerprint density at radius 3 is 2.59 bits per heavy atom. The van der Waals surface area contributed by atoms with E-state index >= 15 is 0 Å². The fourth-order valence-electron chi connectivity index (χ4n) is 2.91. The second kappa shape index (κ2) is 8.54. The van der Waals surface area contributed by atoms with E-state index < -0.39 is 5.97 Å². The van der Waals surface area contributed by atoms with Crippen LogP contribution in [0, 0.1) is 13.8 Å². The SMILES string of the molecule is Cc1cc(C(=O)OCC(=O)N[C@@H](C)c2cccs2)c(C)n1Cc1cccs1. The Kier molecular flexibility index (Phi) is 6.13. The van der Waals surface area contributed by atoms with Crippen molar-refractivity contribution < 1.29 is 14.3 Å². The van der Waals surface area contributed by atoms with Gasteiger partial charge in [-0.2, -0.15) is 0 Å². The summed E-state index contributed by atoms with van der Waals surface area (Å²) >= 11 is 3.26. The van der Waals surface area contributed by atoms with Gasteiger partial charge in [0.25, 0.3) is 5.91 Å². The van der Waals surface area contributed by atoms with Gasteiger partial charge in [-0.05, 0) is 49.7 Å². The van der Waals surface area contributed by atoms with Crippen molar-refractivity contribution in [2.24, 2.45) is 0 Å². The van der Waals surface area contributed by atoms with Gasteiger partial charge in [-0.1, -0.05) is 12.1 Å². The van der Waals surface area contributed by atoms with Crippen LogP contribution in [0.4, 0.5) is 0 Å². The van der Waals surface area contributed by atoms with Crippen molar-refractivity contribution in [1.29, 1.82) is 0 Å². The zero-order valence-electron chi connectivity index (χ0n) is 15.5. The van der Waals surface area contributed by atoms with Crippen LogP contribution in [0.3, 0.4) is 0 Å². The third kappa shape index (κ3) is 4.67. The minimum atomic E-state index is -0.473. The number of aryl methyl sites for hydroxylation is 1. The lowest BCUT2D eigenvalue weighted by Gasteiger charge is -2.12. The van der Waals surface area contributed by atoms with Gasteiger partial charge in [-0.3, -0.25) is 4.79 Å². The van der Waals surface area contributed by atoms with Crippen LogP contribution in [0.15, 0.2) is 41.1 Å². The lowest BCUT2D eigenvalue weighted by atomic mass is 10.2. The summed E-state index contributed by atoms with van der Waals surface area (Å²) in [4.78, 5) is 26.8. The number of esters is 1. The summed E-state index contributed by atoms with van der Waals surface area (Å²) in [5, 5.41) is 6.84. The minimum Gasteiger partial charge on any atom is -0.452 e.